The Hall–Kier alpha value is -2.68. The van der Waals surface area contributed by atoms with E-state index in [0.717, 1.165) is 10.00 Å². The third-order valence-corrected chi connectivity index (χ3v) is 6.09. The molecule has 0 saturated heterocycles. The SMILES string of the molecule is Cc1cc(NC(=O)c2ccc(S(=O)(=O)N(C)C)cc2)n(-c2cccc(Cl)c2)n1. The molecule has 1 amide bonds. The summed E-state index contributed by atoms with van der Waals surface area (Å²) in [4.78, 5) is 12.7. The van der Waals surface area contributed by atoms with E-state index in [1.165, 1.54) is 38.4 Å². The smallest absolute Gasteiger partial charge is 0.256 e. The second-order valence-corrected chi connectivity index (χ2v) is 8.92. The number of aromatic nitrogens is 2. The van der Waals surface area contributed by atoms with Gasteiger partial charge in [0.25, 0.3) is 5.91 Å². The fourth-order valence-corrected chi connectivity index (χ4v) is 3.66. The first kappa shape index (κ1) is 20.1. The zero-order valence-corrected chi connectivity index (χ0v) is 17.1. The van der Waals surface area contributed by atoms with Crippen LogP contribution in [0.15, 0.2) is 59.5 Å². The van der Waals surface area contributed by atoms with Crippen molar-refractivity contribution in [3.63, 3.8) is 0 Å². The maximum Gasteiger partial charge on any atom is 0.256 e. The molecule has 0 atom stereocenters. The molecule has 1 N–H and O–H groups in total. The van der Waals surface area contributed by atoms with Crippen molar-refractivity contribution in [1.29, 1.82) is 0 Å². The number of carbonyl (C=O) groups excluding carboxylic acids is 1. The van der Waals surface area contributed by atoms with E-state index in [9.17, 15) is 13.2 Å². The van der Waals surface area contributed by atoms with E-state index in [0.29, 0.717) is 22.1 Å². The Morgan fingerprint density at radius 3 is 2.39 bits per heavy atom. The quantitative estimate of drug-likeness (QED) is 0.688. The van der Waals surface area contributed by atoms with E-state index in [4.69, 9.17) is 11.6 Å². The standard InChI is InChI=1S/C19H19ClN4O3S/c1-13-11-18(24(22-13)16-6-4-5-15(20)12-16)21-19(25)14-7-9-17(10-8-14)28(26,27)23(2)3/h4-12H,1-3H3,(H,21,25). The number of halogens is 1. The third-order valence-electron chi connectivity index (χ3n) is 4.02. The highest BCUT2D eigenvalue weighted by atomic mass is 35.5. The van der Waals surface area contributed by atoms with Crippen LogP contribution < -0.4 is 5.32 Å². The lowest BCUT2D eigenvalue weighted by Crippen LogP contribution is -2.22. The molecule has 1 aromatic heterocycles. The number of hydrogen-bond donors (Lipinski definition) is 1. The second kappa shape index (κ2) is 7.75. The molecule has 9 heteroatoms. The number of nitrogens with one attached hydrogen (secondary N) is 1. The Balaban J connectivity index is 1.86. The molecule has 0 spiro atoms. The number of amides is 1. The summed E-state index contributed by atoms with van der Waals surface area (Å²) in [6.45, 7) is 1.82. The van der Waals surface area contributed by atoms with Crippen molar-refractivity contribution >= 4 is 33.3 Å². The number of aryl methyl sites for hydroxylation is 1. The number of anilines is 1. The summed E-state index contributed by atoms with van der Waals surface area (Å²) >= 11 is 6.05. The molecule has 0 aliphatic heterocycles. The number of benzene rings is 2. The number of rotatable bonds is 5. The van der Waals surface area contributed by atoms with Crippen LogP contribution in [0.1, 0.15) is 16.1 Å². The Morgan fingerprint density at radius 2 is 1.79 bits per heavy atom. The molecule has 7 nitrogen and oxygen atoms in total. The van der Waals surface area contributed by atoms with Crippen LogP contribution in [0.25, 0.3) is 5.69 Å². The van der Waals surface area contributed by atoms with Crippen molar-refractivity contribution < 1.29 is 13.2 Å². The van der Waals surface area contributed by atoms with Crippen LogP contribution in [0.2, 0.25) is 5.02 Å². The zero-order valence-electron chi connectivity index (χ0n) is 15.5. The molecular formula is C19H19ClN4O3S. The largest absolute Gasteiger partial charge is 0.306 e. The van der Waals surface area contributed by atoms with Gasteiger partial charge in [-0.3, -0.25) is 4.79 Å². The van der Waals surface area contributed by atoms with Crippen LogP contribution in [-0.4, -0.2) is 42.5 Å². The zero-order chi connectivity index (χ0) is 20.5. The maximum atomic E-state index is 12.6. The van der Waals surface area contributed by atoms with Gasteiger partial charge in [-0.25, -0.2) is 17.4 Å². The van der Waals surface area contributed by atoms with Crippen LogP contribution in [0.4, 0.5) is 5.82 Å². The highest BCUT2D eigenvalue weighted by molar-refractivity contribution is 7.89. The Morgan fingerprint density at radius 1 is 1.11 bits per heavy atom. The monoisotopic (exact) mass is 418 g/mol. The molecule has 0 bridgehead atoms. The molecule has 28 heavy (non-hydrogen) atoms. The Labute approximate surface area is 168 Å². The summed E-state index contributed by atoms with van der Waals surface area (Å²) in [6, 6.07) is 14.6. The molecule has 146 valence electrons. The molecule has 1 heterocycles. The minimum absolute atomic E-state index is 0.119. The van der Waals surface area contributed by atoms with Crippen molar-refractivity contribution in [2.45, 2.75) is 11.8 Å². The Bertz CT molecular complexity index is 1120. The minimum atomic E-state index is -3.55. The molecular weight excluding hydrogens is 400 g/mol. The van der Waals surface area contributed by atoms with Crippen LogP contribution in [0, 0.1) is 6.92 Å². The minimum Gasteiger partial charge on any atom is -0.306 e. The molecule has 2 aromatic carbocycles. The van der Waals surface area contributed by atoms with E-state index in [-0.39, 0.29) is 10.8 Å². The van der Waals surface area contributed by atoms with E-state index in [1.54, 1.807) is 28.9 Å². The van der Waals surface area contributed by atoms with Gasteiger partial charge in [0.1, 0.15) is 5.82 Å². The van der Waals surface area contributed by atoms with Gasteiger partial charge in [-0.15, -0.1) is 0 Å². The average molecular weight is 419 g/mol. The molecule has 0 fully saturated rings. The summed E-state index contributed by atoms with van der Waals surface area (Å²) in [5.41, 5.74) is 1.76. The lowest BCUT2D eigenvalue weighted by molar-refractivity contribution is 0.102. The van der Waals surface area contributed by atoms with Crippen LogP contribution in [0.5, 0.6) is 0 Å². The van der Waals surface area contributed by atoms with Crippen LogP contribution >= 0.6 is 11.6 Å². The summed E-state index contributed by atoms with van der Waals surface area (Å²) in [5.74, 6) is 0.103. The van der Waals surface area contributed by atoms with Gasteiger partial charge in [-0.05, 0) is 49.4 Å². The molecule has 0 aliphatic rings. The normalized spacial score (nSPS) is 11.6. The summed E-state index contributed by atoms with van der Waals surface area (Å²) in [6.07, 6.45) is 0. The van der Waals surface area contributed by atoms with Crippen LogP contribution in [-0.2, 0) is 10.0 Å². The second-order valence-electron chi connectivity index (χ2n) is 6.33. The lowest BCUT2D eigenvalue weighted by atomic mass is 10.2. The highest BCUT2D eigenvalue weighted by Gasteiger charge is 2.18. The fraction of sp³-hybridized carbons (Fsp3) is 0.158. The van der Waals surface area contributed by atoms with E-state index in [2.05, 4.69) is 10.4 Å². The van der Waals surface area contributed by atoms with Gasteiger partial charge >= 0.3 is 0 Å². The molecule has 3 rings (SSSR count). The molecule has 3 aromatic rings. The first-order valence-electron chi connectivity index (χ1n) is 8.35. The van der Waals surface area contributed by atoms with E-state index < -0.39 is 10.0 Å². The number of hydrogen-bond acceptors (Lipinski definition) is 4. The predicted molar refractivity (Wildman–Crippen MR) is 109 cm³/mol. The van der Waals surface area contributed by atoms with Gasteiger partial charge < -0.3 is 5.32 Å². The number of nitrogens with zero attached hydrogens (tertiary/aromatic N) is 3. The molecule has 0 radical (unpaired) electrons. The van der Waals surface area contributed by atoms with Gasteiger partial charge in [-0.2, -0.15) is 5.10 Å². The third kappa shape index (κ3) is 4.09. The van der Waals surface area contributed by atoms with E-state index in [1.807, 2.05) is 13.0 Å². The first-order valence-corrected chi connectivity index (χ1v) is 10.2. The number of sulfonamides is 1. The van der Waals surface area contributed by atoms with Gasteiger partial charge in [0, 0.05) is 30.7 Å². The van der Waals surface area contributed by atoms with Gasteiger partial charge in [-0.1, -0.05) is 17.7 Å². The summed E-state index contributed by atoms with van der Waals surface area (Å²) < 4.78 is 27.0. The van der Waals surface area contributed by atoms with Crippen molar-refractivity contribution in [2.75, 3.05) is 19.4 Å². The van der Waals surface area contributed by atoms with Crippen molar-refractivity contribution in [1.82, 2.24) is 14.1 Å². The van der Waals surface area contributed by atoms with Crippen molar-refractivity contribution in [3.05, 3.63) is 70.9 Å². The molecule has 0 saturated carbocycles. The predicted octanol–water partition coefficient (Wildman–Crippen LogP) is 3.34. The lowest BCUT2D eigenvalue weighted by Gasteiger charge is -2.12. The van der Waals surface area contributed by atoms with Crippen molar-refractivity contribution in [2.24, 2.45) is 0 Å². The van der Waals surface area contributed by atoms with Gasteiger partial charge in [0.15, 0.2) is 0 Å². The molecule has 0 unspecified atom stereocenters. The average Bonchev–Trinajstić information content (AvgIpc) is 3.02. The van der Waals surface area contributed by atoms with Crippen LogP contribution in [0.3, 0.4) is 0 Å². The Kier molecular flexibility index (Phi) is 5.55. The highest BCUT2D eigenvalue weighted by Crippen LogP contribution is 2.21. The number of carbonyl (C=O) groups is 1. The summed E-state index contributed by atoms with van der Waals surface area (Å²) in [5, 5.41) is 7.75. The summed E-state index contributed by atoms with van der Waals surface area (Å²) in [7, 11) is -0.639. The first-order chi connectivity index (χ1) is 13.2. The van der Waals surface area contributed by atoms with Gasteiger partial charge in [0.2, 0.25) is 10.0 Å². The fourth-order valence-electron chi connectivity index (χ4n) is 2.57. The van der Waals surface area contributed by atoms with Gasteiger partial charge in [0.05, 0.1) is 16.3 Å². The van der Waals surface area contributed by atoms with Crippen molar-refractivity contribution in [3.8, 4) is 5.69 Å². The molecule has 0 aliphatic carbocycles. The topological polar surface area (TPSA) is 84.3 Å². The van der Waals surface area contributed by atoms with E-state index >= 15 is 0 Å². The maximum absolute atomic E-state index is 12.6.